The smallest absolute Gasteiger partial charge is 0.325 e. The van der Waals surface area contributed by atoms with Gasteiger partial charge in [-0.3, -0.25) is 9.69 Å². The molecule has 0 bridgehead atoms. The number of aliphatic carboxylic acids is 1. The molecule has 1 aliphatic carbocycles. The lowest BCUT2D eigenvalue weighted by atomic mass is 9.78. The Balaban J connectivity index is 2.06. The highest BCUT2D eigenvalue weighted by molar-refractivity contribution is 5.79. The number of hydrogen-bond acceptors (Lipinski definition) is 3. The van der Waals surface area contributed by atoms with Crippen LogP contribution < -0.4 is 5.73 Å². The van der Waals surface area contributed by atoms with E-state index in [-0.39, 0.29) is 0 Å². The van der Waals surface area contributed by atoms with Crippen LogP contribution in [-0.2, 0) is 4.79 Å². The Hall–Kier alpha value is -0.610. The Morgan fingerprint density at radius 2 is 1.94 bits per heavy atom. The highest BCUT2D eigenvalue weighted by Crippen LogP contribution is 2.35. The van der Waals surface area contributed by atoms with Gasteiger partial charge in [-0.1, -0.05) is 20.3 Å². The summed E-state index contributed by atoms with van der Waals surface area (Å²) in [4.78, 5) is 13.5. The van der Waals surface area contributed by atoms with Crippen molar-refractivity contribution in [2.24, 2.45) is 17.6 Å². The van der Waals surface area contributed by atoms with Crippen molar-refractivity contribution in [2.75, 3.05) is 13.1 Å². The molecule has 1 saturated heterocycles. The number of carboxylic acid groups (broad SMARTS) is 1. The summed E-state index contributed by atoms with van der Waals surface area (Å²) in [6.45, 7) is 5.93. The van der Waals surface area contributed by atoms with Gasteiger partial charge in [-0.25, -0.2) is 0 Å². The van der Waals surface area contributed by atoms with Crippen LogP contribution in [0.3, 0.4) is 0 Å². The van der Waals surface area contributed by atoms with Crippen molar-refractivity contribution in [1.82, 2.24) is 4.90 Å². The minimum absolute atomic E-state index is 0.516. The number of carboxylic acids is 1. The second-order valence-electron chi connectivity index (χ2n) is 6.06. The number of rotatable bonds is 2. The zero-order valence-corrected chi connectivity index (χ0v) is 10.9. The van der Waals surface area contributed by atoms with Crippen LogP contribution in [0.2, 0.25) is 0 Å². The van der Waals surface area contributed by atoms with Crippen LogP contribution in [-0.4, -0.2) is 40.6 Å². The van der Waals surface area contributed by atoms with Gasteiger partial charge >= 0.3 is 5.97 Å². The fourth-order valence-corrected chi connectivity index (χ4v) is 3.68. The average Bonchev–Trinajstić information content (AvgIpc) is 2.62. The number of hydrogen-bond donors (Lipinski definition) is 2. The van der Waals surface area contributed by atoms with Crippen LogP contribution in [0.25, 0.3) is 0 Å². The Morgan fingerprint density at radius 1 is 1.35 bits per heavy atom. The molecule has 4 heteroatoms. The fourth-order valence-electron chi connectivity index (χ4n) is 3.68. The van der Waals surface area contributed by atoms with E-state index in [1.165, 1.54) is 19.3 Å². The quantitative estimate of drug-likeness (QED) is 0.763. The average molecular weight is 240 g/mol. The molecule has 0 amide bonds. The number of nitrogens with two attached hydrogens (primary N) is 1. The van der Waals surface area contributed by atoms with Gasteiger partial charge in [0.05, 0.1) is 0 Å². The van der Waals surface area contributed by atoms with Gasteiger partial charge in [-0.15, -0.1) is 0 Å². The highest BCUT2D eigenvalue weighted by Gasteiger charge is 2.45. The maximum absolute atomic E-state index is 11.2. The lowest BCUT2D eigenvalue weighted by Crippen LogP contribution is -2.53. The number of nitrogens with zero attached hydrogens (tertiary/aromatic N) is 1. The van der Waals surface area contributed by atoms with E-state index in [4.69, 9.17) is 10.8 Å². The van der Waals surface area contributed by atoms with Gasteiger partial charge in [0, 0.05) is 19.1 Å². The van der Waals surface area contributed by atoms with E-state index in [2.05, 4.69) is 18.7 Å². The number of carbonyl (C=O) groups is 1. The SMILES string of the molecule is CC1CCCC(C)C1N1CCC(N)(C(=O)O)C1. The molecule has 4 nitrogen and oxygen atoms in total. The maximum Gasteiger partial charge on any atom is 0.325 e. The molecule has 2 rings (SSSR count). The molecule has 0 aromatic carbocycles. The Bertz CT molecular complexity index is 298. The van der Waals surface area contributed by atoms with Crippen molar-refractivity contribution < 1.29 is 9.90 Å². The molecule has 0 aromatic rings. The van der Waals surface area contributed by atoms with Crippen LogP contribution in [0.4, 0.5) is 0 Å². The van der Waals surface area contributed by atoms with E-state index < -0.39 is 11.5 Å². The molecule has 3 atom stereocenters. The Kier molecular flexibility index (Phi) is 3.46. The molecular formula is C13H24N2O2. The number of likely N-dealkylation sites (tertiary alicyclic amines) is 1. The molecule has 3 unspecified atom stereocenters. The minimum atomic E-state index is -1.02. The van der Waals surface area contributed by atoms with E-state index in [0.717, 1.165) is 6.54 Å². The first-order valence-corrected chi connectivity index (χ1v) is 6.70. The van der Waals surface area contributed by atoms with Gasteiger partial charge in [0.15, 0.2) is 0 Å². The third kappa shape index (κ3) is 2.33. The second-order valence-corrected chi connectivity index (χ2v) is 6.06. The van der Waals surface area contributed by atoms with Crippen molar-refractivity contribution in [2.45, 2.75) is 51.1 Å². The minimum Gasteiger partial charge on any atom is -0.480 e. The molecule has 0 spiro atoms. The summed E-state index contributed by atoms with van der Waals surface area (Å²) in [6, 6.07) is 0.522. The monoisotopic (exact) mass is 240 g/mol. The second kappa shape index (κ2) is 4.58. The van der Waals surface area contributed by atoms with E-state index >= 15 is 0 Å². The van der Waals surface area contributed by atoms with Crippen LogP contribution in [0.15, 0.2) is 0 Å². The van der Waals surface area contributed by atoms with Gasteiger partial charge in [-0.2, -0.15) is 0 Å². The molecular weight excluding hydrogens is 216 g/mol. The molecule has 0 aromatic heterocycles. The summed E-state index contributed by atoms with van der Waals surface area (Å²) in [5.41, 5.74) is 4.93. The third-order valence-corrected chi connectivity index (χ3v) is 4.66. The zero-order chi connectivity index (χ0) is 12.6. The first kappa shape index (κ1) is 12.8. The summed E-state index contributed by atoms with van der Waals surface area (Å²) in [5.74, 6) is 0.473. The molecule has 98 valence electrons. The van der Waals surface area contributed by atoms with Crippen LogP contribution in [0.1, 0.15) is 39.5 Å². The van der Waals surface area contributed by atoms with Crippen molar-refractivity contribution in [3.05, 3.63) is 0 Å². The van der Waals surface area contributed by atoms with Crippen LogP contribution in [0, 0.1) is 11.8 Å². The molecule has 3 N–H and O–H groups in total. The van der Waals surface area contributed by atoms with Crippen molar-refractivity contribution in [1.29, 1.82) is 0 Å². The Labute approximate surface area is 103 Å². The van der Waals surface area contributed by atoms with E-state index in [1.54, 1.807) is 0 Å². The van der Waals surface area contributed by atoms with E-state index in [1.807, 2.05) is 0 Å². The predicted octanol–water partition coefficient (Wildman–Crippen LogP) is 1.30. The molecule has 1 saturated carbocycles. The molecule has 2 aliphatic rings. The van der Waals surface area contributed by atoms with Gasteiger partial charge in [-0.05, 0) is 31.1 Å². The fraction of sp³-hybridized carbons (Fsp3) is 0.923. The predicted molar refractivity (Wildman–Crippen MR) is 66.7 cm³/mol. The van der Waals surface area contributed by atoms with Crippen LogP contribution in [0.5, 0.6) is 0 Å². The lowest BCUT2D eigenvalue weighted by Gasteiger charge is -2.41. The van der Waals surface area contributed by atoms with Gasteiger partial charge in [0.1, 0.15) is 5.54 Å². The van der Waals surface area contributed by atoms with Crippen molar-refractivity contribution in [3.8, 4) is 0 Å². The molecule has 2 fully saturated rings. The third-order valence-electron chi connectivity index (χ3n) is 4.66. The summed E-state index contributed by atoms with van der Waals surface area (Å²) in [7, 11) is 0. The Morgan fingerprint density at radius 3 is 2.41 bits per heavy atom. The molecule has 17 heavy (non-hydrogen) atoms. The standard InChI is InChI=1S/C13H24N2O2/c1-9-4-3-5-10(2)11(9)15-7-6-13(14,8-15)12(16)17/h9-11H,3-8,14H2,1-2H3,(H,16,17). The zero-order valence-electron chi connectivity index (χ0n) is 10.9. The normalized spacial score (nSPS) is 43.8. The summed E-state index contributed by atoms with van der Waals surface area (Å²) in [5, 5.41) is 9.17. The summed E-state index contributed by atoms with van der Waals surface area (Å²) >= 11 is 0. The largest absolute Gasteiger partial charge is 0.480 e. The van der Waals surface area contributed by atoms with E-state index in [9.17, 15) is 4.79 Å². The lowest BCUT2D eigenvalue weighted by molar-refractivity contribution is -0.143. The van der Waals surface area contributed by atoms with Gasteiger partial charge in [0.25, 0.3) is 0 Å². The van der Waals surface area contributed by atoms with Gasteiger partial charge in [0.2, 0.25) is 0 Å². The van der Waals surface area contributed by atoms with Crippen LogP contribution >= 0.6 is 0 Å². The van der Waals surface area contributed by atoms with Crippen molar-refractivity contribution in [3.63, 3.8) is 0 Å². The molecule has 1 heterocycles. The van der Waals surface area contributed by atoms with E-state index in [0.29, 0.717) is 30.8 Å². The van der Waals surface area contributed by atoms with Gasteiger partial charge < -0.3 is 10.8 Å². The molecule has 0 radical (unpaired) electrons. The summed E-state index contributed by atoms with van der Waals surface area (Å²) < 4.78 is 0. The first-order chi connectivity index (χ1) is 7.94. The molecule has 1 aliphatic heterocycles. The van der Waals surface area contributed by atoms with Crippen molar-refractivity contribution >= 4 is 5.97 Å². The topological polar surface area (TPSA) is 66.6 Å². The maximum atomic E-state index is 11.2. The first-order valence-electron chi connectivity index (χ1n) is 6.70. The summed E-state index contributed by atoms with van der Waals surface area (Å²) in [6.07, 6.45) is 4.41. The highest BCUT2D eigenvalue weighted by atomic mass is 16.4.